The van der Waals surface area contributed by atoms with E-state index in [0.717, 1.165) is 56.4 Å². The lowest BCUT2D eigenvalue weighted by molar-refractivity contribution is -0.126. The van der Waals surface area contributed by atoms with E-state index in [1.165, 1.54) is 44.9 Å². The second-order valence-corrected chi connectivity index (χ2v) is 10.6. The molecule has 3 aliphatic carbocycles. The Kier molecular flexibility index (Phi) is 7.35. The highest BCUT2D eigenvalue weighted by molar-refractivity contribution is 5.82. The van der Waals surface area contributed by atoms with Crippen LogP contribution in [0.15, 0.2) is 0 Å². The summed E-state index contributed by atoms with van der Waals surface area (Å²) in [4.78, 5) is 15.7. The maximum atomic E-state index is 13.2. The van der Waals surface area contributed by atoms with Gasteiger partial charge in [0.15, 0.2) is 0 Å². The van der Waals surface area contributed by atoms with Crippen molar-refractivity contribution in [3.8, 4) is 0 Å². The number of nitrogens with two attached hydrogens (primary N) is 2. The van der Waals surface area contributed by atoms with Gasteiger partial charge in [-0.25, -0.2) is 0 Å². The molecule has 0 aromatic rings. The van der Waals surface area contributed by atoms with Crippen LogP contribution < -0.4 is 16.8 Å². The maximum Gasteiger partial charge on any atom is 0.237 e. The molecule has 1 heterocycles. The molecular formula is C24H43N5O. The molecular weight excluding hydrogens is 374 g/mol. The van der Waals surface area contributed by atoms with E-state index < -0.39 is 0 Å². The molecule has 30 heavy (non-hydrogen) atoms. The number of fused-ring (bicyclic) bond motifs is 2. The Morgan fingerprint density at radius 1 is 1.00 bits per heavy atom. The zero-order valence-electron chi connectivity index (χ0n) is 18.7. The zero-order valence-corrected chi connectivity index (χ0v) is 18.7. The summed E-state index contributed by atoms with van der Waals surface area (Å²) in [5.41, 5.74) is 11.5. The van der Waals surface area contributed by atoms with Gasteiger partial charge in [-0.3, -0.25) is 15.1 Å². The lowest BCUT2D eigenvalue weighted by Gasteiger charge is -2.45. The molecule has 6 nitrogen and oxygen atoms in total. The van der Waals surface area contributed by atoms with Crippen molar-refractivity contribution in [2.24, 2.45) is 41.1 Å². The Morgan fingerprint density at radius 2 is 1.80 bits per heavy atom. The molecule has 3 saturated carbocycles. The summed E-state index contributed by atoms with van der Waals surface area (Å²) in [5, 5.41) is 11.2. The quantitative estimate of drug-likeness (QED) is 0.290. The minimum Gasteiger partial charge on any atom is -0.387 e. The first-order valence-corrected chi connectivity index (χ1v) is 12.7. The zero-order chi connectivity index (χ0) is 21.1. The minimum atomic E-state index is -0.00699. The average Bonchev–Trinajstić information content (AvgIpc) is 3.12. The second kappa shape index (κ2) is 9.99. The van der Waals surface area contributed by atoms with Crippen LogP contribution in [0, 0.1) is 35.0 Å². The first-order chi connectivity index (χ1) is 14.6. The molecule has 4 aliphatic rings. The van der Waals surface area contributed by atoms with E-state index in [1.54, 1.807) is 0 Å². The van der Waals surface area contributed by atoms with Crippen molar-refractivity contribution in [2.75, 3.05) is 19.6 Å². The monoisotopic (exact) mass is 417 g/mol. The van der Waals surface area contributed by atoms with Crippen molar-refractivity contribution in [1.82, 2.24) is 10.2 Å². The fraction of sp³-hybridized carbons (Fsp3) is 0.917. The highest BCUT2D eigenvalue weighted by Gasteiger charge is 2.48. The van der Waals surface area contributed by atoms with Crippen LogP contribution in [0.4, 0.5) is 0 Å². The van der Waals surface area contributed by atoms with Crippen LogP contribution in [-0.4, -0.2) is 48.4 Å². The number of amidine groups is 1. The van der Waals surface area contributed by atoms with Crippen LogP contribution in [-0.2, 0) is 4.79 Å². The molecule has 4 rings (SSSR count). The van der Waals surface area contributed by atoms with E-state index >= 15 is 0 Å². The average molecular weight is 418 g/mol. The van der Waals surface area contributed by atoms with Crippen LogP contribution in [0.5, 0.6) is 0 Å². The van der Waals surface area contributed by atoms with E-state index in [9.17, 15) is 4.79 Å². The molecule has 7 unspecified atom stereocenters. The van der Waals surface area contributed by atoms with Crippen LogP contribution in [0.25, 0.3) is 0 Å². The predicted octanol–water partition coefficient (Wildman–Crippen LogP) is 2.85. The topological polar surface area (TPSA) is 108 Å². The SMILES string of the molecule is N=C(N)C1CCC2CC(C(=O)NCCCN)N(CC3CCCC4CCCCC43)C2C1. The molecule has 0 radical (unpaired) electrons. The summed E-state index contributed by atoms with van der Waals surface area (Å²) in [6, 6.07) is 0.411. The van der Waals surface area contributed by atoms with Gasteiger partial charge in [0, 0.05) is 25.0 Å². The summed E-state index contributed by atoms with van der Waals surface area (Å²) in [5.74, 6) is 3.84. The third-order valence-corrected chi connectivity index (χ3v) is 8.90. The molecule has 6 heteroatoms. The largest absolute Gasteiger partial charge is 0.387 e. The molecule has 1 amide bonds. The van der Waals surface area contributed by atoms with Gasteiger partial charge in [-0.05, 0) is 75.2 Å². The summed E-state index contributed by atoms with van der Waals surface area (Å²) in [7, 11) is 0. The number of amides is 1. The molecule has 0 aromatic carbocycles. The molecule has 0 spiro atoms. The number of nitrogens with one attached hydrogen (secondary N) is 2. The number of carbonyl (C=O) groups excluding carboxylic acids is 1. The number of carbonyl (C=O) groups is 1. The smallest absolute Gasteiger partial charge is 0.237 e. The molecule has 7 atom stereocenters. The lowest BCUT2D eigenvalue weighted by atomic mass is 9.65. The van der Waals surface area contributed by atoms with Crippen molar-refractivity contribution in [3.63, 3.8) is 0 Å². The van der Waals surface area contributed by atoms with Crippen LogP contribution in [0.3, 0.4) is 0 Å². The minimum absolute atomic E-state index is 0.00699. The molecule has 170 valence electrons. The number of hydrogen-bond acceptors (Lipinski definition) is 4. The van der Waals surface area contributed by atoms with E-state index in [0.29, 0.717) is 30.9 Å². The Hall–Kier alpha value is -1.14. The first kappa shape index (κ1) is 22.1. The van der Waals surface area contributed by atoms with Gasteiger partial charge in [0.2, 0.25) is 5.91 Å². The Morgan fingerprint density at radius 3 is 2.60 bits per heavy atom. The number of hydrogen-bond donors (Lipinski definition) is 4. The third-order valence-electron chi connectivity index (χ3n) is 8.90. The van der Waals surface area contributed by atoms with E-state index in [-0.39, 0.29) is 17.9 Å². The van der Waals surface area contributed by atoms with E-state index in [1.807, 2.05) is 0 Å². The standard InChI is InChI=1S/C24H43N5O/c25-11-4-12-28-24(30)22-13-17-9-10-18(23(26)27)14-21(17)29(22)15-19-7-3-6-16-5-1-2-8-20(16)19/h16-22H,1-15,25H2,(H3,26,27)(H,28,30). The first-order valence-electron chi connectivity index (χ1n) is 12.7. The van der Waals surface area contributed by atoms with Gasteiger partial charge in [-0.1, -0.05) is 32.1 Å². The van der Waals surface area contributed by atoms with Gasteiger partial charge >= 0.3 is 0 Å². The Balaban J connectivity index is 1.49. The highest BCUT2D eigenvalue weighted by Crippen LogP contribution is 2.47. The van der Waals surface area contributed by atoms with Crippen LogP contribution in [0.1, 0.15) is 77.0 Å². The normalized spacial score (nSPS) is 39.2. The van der Waals surface area contributed by atoms with Gasteiger partial charge in [0.05, 0.1) is 11.9 Å². The van der Waals surface area contributed by atoms with Crippen molar-refractivity contribution < 1.29 is 4.79 Å². The van der Waals surface area contributed by atoms with Gasteiger partial charge in [0.1, 0.15) is 0 Å². The van der Waals surface area contributed by atoms with Gasteiger partial charge < -0.3 is 16.8 Å². The Labute approximate surface area is 182 Å². The number of likely N-dealkylation sites (tertiary alicyclic amines) is 1. The fourth-order valence-corrected chi connectivity index (χ4v) is 7.35. The molecule has 1 saturated heterocycles. The van der Waals surface area contributed by atoms with E-state index in [2.05, 4.69) is 10.2 Å². The van der Waals surface area contributed by atoms with Gasteiger partial charge in [0.25, 0.3) is 0 Å². The summed E-state index contributed by atoms with van der Waals surface area (Å²) in [6.45, 7) is 2.37. The van der Waals surface area contributed by atoms with Crippen molar-refractivity contribution >= 4 is 11.7 Å². The Bertz CT molecular complexity index is 608. The lowest BCUT2D eigenvalue weighted by Crippen LogP contribution is -2.51. The van der Waals surface area contributed by atoms with Crippen molar-refractivity contribution in [3.05, 3.63) is 0 Å². The van der Waals surface area contributed by atoms with Crippen LogP contribution in [0.2, 0.25) is 0 Å². The number of nitrogens with zero attached hydrogens (tertiary/aromatic N) is 1. The molecule has 0 bridgehead atoms. The maximum absolute atomic E-state index is 13.2. The molecule has 6 N–H and O–H groups in total. The van der Waals surface area contributed by atoms with E-state index in [4.69, 9.17) is 16.9 Å². The summed E-state index contributed by atoms with van der Waals surface area (Å²) in [6.07, 6.45) is 14.6. The predicted molar refractivity (Wildman–Crippen MR) is 121 cm³/mol. The molecule has 1 aliphatic heterocycles. The summed E-state index contributed by atoms with van der Waals surface area (Å²) >= 11 is 0. The second-order valence-electron chi connectivity index (χ2n) is 10.6. The van der Waals surface area contributed by atoms with Crippen molar-refractivity contribution in [1.29, 1.82) is 5.41 Å². The van der Waals surface area contributed by atoms with Gasteiger partial charge in [-0.15, -0.1) is 0 Å². The number of rotatable bonds is 7. The van der Waals surface area contributed by atoms with Crippen molar-refractivity contribution in [2.45, 2.75) is 89.1 Å². The highest BCUT2D eigenvalue weighted by atomic mass is 16.2. The fourth-order valence-electron chi connectivity index (χ4n) is 7.35. The van der Waals surface area contributed by atoms with Gasteiger partial charge in [-0.2, -0.15) is 0 Å². The third kappa shape index (κ3) is 4.69. The molecule has 0 aromatic heterocycles. The summed E-state index contributed by atoms with van der Waals surface area (Å²) < 4.78 is 0. The van der Waals surface area contributed by atoms with Crippen LogP contribution >= 0.6 is 0 Å². The molecule has 4 fully saturated rings.